The number of nitrogens with zero attached hydrogens (tertiary/aromatic N) is 1. The number of nitrogens with one attached hydrogen (secondary N) is 5. The molecule has 282 valence electrons. The Labute approximate surface area is 294 Å². The molecule has 13 nitrogen and oxygen atoms in total. The minimum absolute atomic E-state index is 0.0519. The molecule has 4 rings (SSSR count). The second-order valence-corrected chi connectivity index (χ2v) is 11.6. The molecule has 0 spiro atoms. The van der Waals surface area contributed by atoms with Crippen LogP contribution in [-0.2, 0) is 17.1 Å². The van der Waals surface area contributed by atoms with Gasteiger partial charge in [-0.2, -0.15) is 26.3 Å². The molecule has 3 aromatic carbocycles. The van der Waals surface area contributed by atoms with Crippen LogP contribution in [0.15, 0.2) is 59.6 Å². The first-order valence-electron chi connectivity index (χ1n) is 16.1. The van der Waals surface area contributed by atoms with Gasteiger partial charge in [0.25, 0.3) is 0 Å². The van der Waals surface area contributed by atoms with E-state index in [9.17, 15) is 35.9 Å². The Bertz CT molecular complexity index is 1710. The molecule has 1 heterocycles. The fraction of sp³-hybridized carbons (Fsp3) is 0.364. The van der Waals surface area contributed by atoms with Gasteiger partial charge in [-0.15, -0.1) is 0 Å². The monoisotopic (exact) mass is 739 g/mol. The first-order chi connectivity index (χ1) is 24.6. The number of amides is 3. The number of ether oxygens (including phenoxy) is 2. The number of rotatable bonds is 15. The molecule has 0 bridgehead atoms. The standard InChI is InChI=1S/C33H39F6N9O4/c34-32(35,36)19-13-22(44-12-9-40)17-25(14-19)51-23-6-4-21(5-7-23)46-31(50)48-27-16-20(33(37,38)39)15-26(29(27)52-24-8-11-43-18-24)47-28(49)3-1-2-10-45-30(41)42/h4-7,13-17,24,43-44H,1-3,8-12,18,40H2,(H,47,49)(H4,41,42,45)(H2,46,48,50)/t24-/m1/s1. The summed E-state index contributed by atoms with van der Waals surface area (Å²) >= 11 is 0. The summed E-state index contributed by atoms with van der Waals surface area (Å²) in [6, 6.07) is 9.11. The van der Waals surface area contributed by atoms with Crippen LogP contribution < -0.4 is 53.3 Å². The van der Waals surface area contributed by atoms with Crippen molar-refractivity contribution in [3.63, 3.8) is 0 Å². The molecule has 0 saturated carbocycles. The summed E-state index contributed by atoms with van der Waals surface area (Å²) < 4.78 is 94.1. The molecule has 0 aromatic heterocycles. The van der Waals surface area contributed by atoms with E-state index in [4.69, 9.17) is 26.7 Å². The van der Waals surface area contributed by atoms with Crippen LogP contribution in [0.25, 0.3) is 0 Å². The molecule has 11 N–H and O–H groups in total. The van der Waals surface area contributed by atoms with Crippen molar-refractivity contribution in [3.8, 4) is 17.2 Å². The Morgan fingerprint density at radius 3 is 2.13 bits per heavy atom. The molecular formula is C33H39F6N9O4. The number of unbranched alkanes of at least 4 members (excludes halogenated alkanes) is 1. The zero-order chi connectivity index (χ0) is 37.9. The summed E-state index contributed by atoms with van der Waals surface area (Å²) in [5, 5.41) is 13.2. The maximum absolute atomic E-state index is 14.0. The van der Waals surface area contributed by atoms with E-state index in [1.807, 2.05) is 0 Å². The van der Waals surface area contributed by atoms with Crippen LogP contribution in [0.3, 0.4) is 0 Å². The topological polar surface area (TPSA) is 203 Å². The molecule has 1 aliphatic rings. The highest BCUT2D eigenvalue weighted by Gasteiger charge is 2.34. The van der Waals surface area contributed by atoms with Gasteiger partial charge in [0.1, 0.15) is 17.6 Å². The van der Waals surface area contributed by atoms with Crippen molar-refractivity contribution in [2.75, 3.05) is 54.0 Å². The first kappa shape index (κ1) is 39.4. The van der Waals surface area contributed by atoms with E-state index in [1.54, 1.807) is 0 Å². The highest BCUT2D eigenvalue weighted by Crippen LogP contribution is 2.42. The second kappa shape index (κ2) is 17.7. The van der Waals surface area contributed by atoms with Crippen LogP contribution in [0.4, 0.5) is 53.9 Å². The Balaban J connectivity index is 1.52. The third kappa shape index (κ3) is 12.1. The van der Waals surface area contributed by atoms with Crippen LogP contribution in [0.5, 0.6) is 17.2 Å². The third-order valence-corrected chi connectivity index (χ3v) is 7.40. The van der Waals surface area contributed by atoms with E-state index < -0.39 is 41.5 Å². The molecule has 1 aliphatic heterocycles. The number of halogens is 6. The van der Waals surface area contributed by atoms with E-state index in [1.165, 1.54) is 30.3 Å². The van der Waals surface area contributed by atoms with Crippen LogP contribution >= 0.6 is 0 Å². The van der Waals surface area contributed by atoms with Gasteiger partial charge >= 0.3 is 18.4 Å². The lowest BCUT2D eigenvalue weighted by Crippen LogP contribution is -2.25. The van der Waals surface area contributed by atoms with Gasteiger partial charge in [0.05, 0.1) is 22.5 Å². The maximum Gasteiger partial charge on any atom is 0.416 e. The fourth-order valence-corrected chi connectivity index (χ4v) is 4.99. The molecule has 3 aromatic rings. The van der Waals surface area contributed by atoms with Crippen LogP contribution in [0.1, 0.15) is 36.8 Å². The number of hydrogen-bond acceptors (Lipinski definition) is 8. The number of alkyl halides is 6. The zero-order valence-corrected chi connectivity index (χ0v) is 27.7. The maximum atomic E-state index is 14.0. The lowest BCUT2D eigenvalue weighted by atomic mass is 10.1. The first-order valence-corrected chi connectivity index (χ1v) is 16.1. The highest BCUT2D eigenvalue weighted by atomic mass is 19.4. The minimum atomic E-state index is -4.85. The number of nitrogens with two attached hydrogens (primary N) is 3. The molecule has 0 unspecified atom stereocenters. The summed E-state index contributed by atoms with van der Waals surface area (Å²) in [6.07, 6.45) is -8.70. The van der Waals surface area contributed by atoms with Crippen molar-refractivity contribution in [1.82, 2.24) is 5.32 Å². The number of carbonyl (C=O) groups is 2. The predicted octanol–water partition coefficient (Wildman–Crippen LogP) is 5.65. The Kier molecular flexibility index (Phi) is 13.4. The van der Waals surface area contributed by atoms with E-state index in [0.29, 0.717) is 38.4 Å². The second-order valence-electron chi connectivity index (χ2n) is 11.6. The molecule has 3 amide bonds. The molecule has 19 heteroatoms. The fourth-order valence-electron chi connectivity index (χ4n) is 4.99. The van der Waals surface area contributed by atoms with Gasteiger partial charge in [0.15, 0.2) is 11.7 Å². The summed E-state index contributed by atoms with van der Waals surface area (Å²) in [5.41, 5.74) is 13.6. The molecule has 52 heavy (non-hydrogen) atoms. The Morgan fingerprint density at radius 1 is 0.846 bits per heavy atom. The zero-order valence-electron chi connectivity index (χ0n) is 27.7. The van der Waals surface area contributed by atoms with Gasteiger partial charge in [-0.3, -0.25) is 9.79 Å². The quantitative estimate of drug-likeness (QED) is 0.0419. The van der Waals surface area contributed by atoms with E-state index in [-0.39, 0.29) is 72.0 Å². The summed E-state index contributed by atoms with van der Waals surface area (Å²) in [6.45, 7) is 1.66. The van der Waals surface area contributed by atoms with Gasteiger partial charge in [-0.1, -0.05) is 0 Å². The van der Waals surface area contributed by atoms with Crippen molar-refractivity contribution in [3.05, 3.63) is 65.7 Å². The summed E-state index contributed by atoms with van der Waals surface area (Å²) in [5.74, 6) is -0.853. The van der Waals surface area contributed by atoms with Crippen molar-refractivity contribution in [1.29, 1.82) is 0 Å². The van der Waals surface area contributed by atoms with Crippen LogP contribution in [-0.4, -0.2) is 56.7 Å². The average molecular weight is 740 g/mol. The van der Waals surface area contributed by atoms with Crippen LogP contribution in [0, 0.1) is 0 Å². The van der Waals surface area contributed by atoms with Crippen LogP contribution in [0.2, 0.25) is 0 Å². The summed E-state index contributed by atoms with van der Waals surface area (Å²) in [4.78, 5) is 29.7. The van der Waals surface area contributed by atoms with Gasteiger partial charge in [-0.05, 0) is 74.3 Å². The van der Waals surface area contributed by atoms with E-state index in [0.717, 1.165) is 18.2 Å². The molecule has 0 radical (unpaired) electrons. The van der Waals surface area contributed by atoms with E-state index >= 15 is 0 Å². The van der Waals surface area contributed by atoms with Gasteiger partial charge < -0.3 is 53.3 Å². The van der Waals surface area contributed by atoms with Crippen molar-refractivity contribution in [2.24, 2.45) is 22.2 Å². The molecular weight excluding hydrogens is 700 g/mol. The lowest BCUT2D eigenvalue weighted by molar-refractivity contribution is -0.138. The number of anilines is 4. The van der Waals surface area contributed by atoms with Gasteiger partial charge in [-0.25, -0.2) is 4.79 Å². The normalized spacial score (nSPS) is 14.3. The van der Waals surface area contributed by atoms with E-state index in [2.05, 4.69) is 31.6 Å². The number of aliphatic imine (C=N–C) groups is 1. The Morgan fingerprint density at radius 2 is 1.52 bits per heavy atom. The lowest BCUT2D eigenvalue weighted by Gasteiger charge is -2.22. The summed E-state index contributed by atoms with van der Waals surface area (Å²) in [7, 11) is 0. The molecule has 1 atom stereocenters. The van der Waals surface area contributed by atoms with Crippen molar-refractivity contribution < 1.29 is 45.4 Å². The van der Waals surface area contributed by atoms with Crippen molar-refractivity contribution >= 4 is 40.6 Å². The number of guanidine groups is 1. The number of carbonyl (C=O) groups excluding carboxylic acids is 2. The largest absolute Gasteiger partial charge is 0.485 e. The third-order valence-electron chi connectivity index (χ3n) is 7.40. The number of urea groups is 1. The smallest absolute Gasteiger partial charge is 0.416 e. The van der Waals surface area contributed by atoms with Gasteiger partial charge in [0.2, 0.25) is 5.91 Å². The molecule has 0 aliphatic carbocycles. The molecule has 1 saturated heterocycles. The van der Waals surface area contributed by atoms with Crippen molar-refractivity contribution in [2.45, 2.75) is 44.1 Å². The predicted molar refractivity (Wildman–Crippen MR) is 185 cm³/mol. The number of hydrogen-bond donors (Lipinski definition) is 8. The number of benzene rings is 3. The molecule has 1 fully saturated rings. The van der Waals surface area contributed by atoms with Gasteiger partial charge in [0, 0.05) is 50.0 Å². The SMILES string of the molecule is NCCNc1cc(Oc2ccc(NC(=O)Nc3cc(C(F)(F)F)cc(NC(=O)CCCCN=C(N)N)c3O[C@@H]3CCNC3)cc2)cc(C(F)(F)F)c1. The highest BCUT2D eigenvalue weighted by molar-refractivity contribution is 6.02. The minimum Gasteiger partial charge on any atom is -0.485 e. The Hall–Kier alpha value is -5.43. The average Bonchev–Trinajstić information content (AvgIpc) is 3.58.